The number of fused-ring (bicyclic) bond motifs is 1. The first-order valence-corrected chi connectivity index (χ1v) is 6.19. The zero-order valence-electron chi connectivity index (χ0n) is 8.86. The monoisotopic (exact) mass is 331 g/mol. The molecule has 0 saturated heterocycles. The molecule has 1 nitrogen and oxygen atoms in total. The van der Waals surface area contributed by atoms with Gasteiger partial charge in [0.05, 0.1) is 10.5 Å². The number of nitrogens with zero attached hydrogens (tertiary/aromatic N) is 1. The van der Waals surface area contributed by atoms with Crippen molar-refractivity contribution in [1.29, 1.82) is 0 Å². The molecule has 2 rings (SSSR count). The van der Waals surface area contributed by atoms with Crippen LogP contribution in [0.15, 0.2) is 12.1 Å². The lowest BCUT2D eigenvalue weighted by Gasteiger charge is -2.10. The molecule has 0 N–H and O–H groups in total. The minimum absolute atomic E-state index is 0.839. The summed E-state index contributed by atoms with van der Waals surface area (Å²) in [5.74, 6) is 0. The van der Waals surface area contributed by atoms with E-state index in [0.29, 0.717) is 0 Å². The molecule has 0 spiro atoms. The van der Waals surface area contributed by atoms with Gasteiger partial charge in [-0.05, 0) is 60.6 Å². The molecule has 2 aromatic rings. The van der Waals surface area contributed by atoms with E-state index in [0.717, 1.165) is 30.8 Å². The Balaban J connectivity index is 3.04. The maximum absolute atomic E-state index is 6.36. The Morgan fingerprint density at radius 3 is 2.53 bits per heavy atom. The van der Waals surface area contributed by atoms with Gasteiger partial charge in [-0.1, -0.05) is 17.7 Å². The highest BCUT2D eigenvalue weighted by Gasteiger charge is 2.11. The van der Waals surface area contributed by atoms with Crippen molar-refractivity contribution >= 4 is 45.1 Å². The minimum Gasteiger partial charge on any atom is -0.252 e. The zero-order valence-corrected chi connectivity index (χ0v) is 11.8. The van der Waals surface area contributed by atoms with Crippen molar-refractivity contribution in [2.24, 2.45) is 0 Å². The zero-order chi connectivity index (χ0) is 11.2. The number of pyridine rings is 1. The molecule has 0 amide bonds. The number of aromatic nitrogens is 1. The normalized spacial score (nSPS) is 11.0. The molecule has 0 atom stereocenters. The summed E-state index contributed by atoms with van der Waals surface area (Å²) in [6, 6.07) is 4.17. The maximum Gasteiger partial charge on any atom is 0.0760 e. The second-order valence-corrected chi connectivity index (χ2v) is 5.26. The van der Waals surface area contributed by atoms with Crippen molar-refractivity contribution < 1.29 is 0 Å². The Morgan fingerprint density at radius 2 is 1.87 bits per heavy atom. The van der Waals surface area contributed by atoms with Gasteiger partial charge in [0.15, 0.2) is 0 Å². The molecule has 78 valence electrons. The SMILES string of the molecule is Cc1nc2c(C)ccc(I)c2c(Cl)c1C. The molecular weight excluding hydrogens is 320 g/mol. The fraction of sp³-hybridized carbons (Fsp3) is 0.250. The predicted octanol–water partition coefficient (Wildman–Crippen LogP) is 4.42. The molecule has 0 aliphatic carbocycles. The summed E-state index contributed by atoms with van der Waals surface area (Å²) in [7, 11) is 0. The van der Waals surface area contributed by atoms with Crippen LogP contribution in [-0.4, -0.2) is 4.98 Å². The third kappa shape index (κ3) is 1.74. The predicted molar refractivity (Wildman–Crippen MR) is 73.7 cm³/mol. The first kappa shape index (κ1) is 11.1. The number of halogens is 2. The second-order valence-electron chi connectivity index (χ2n) is 3.72. The van der Waals surface area contributed by atoms with E-state index in [2.05, 4.69) is 46.6 Å². The summed E-state index contributed by atoms with van der Waals surface area (Å²) < 4.78 is 1.16. The molecule has 0 fully saturated rings. The van der Waals surface area contributed by atoms with E-state index in [9.17, 15) is 0 Å². The lowest BCUT2D eigenvalue weighted by molar-refractivity contribution is 1.19. The van der Waals surface area contributed by atoms with Gasteiger partial charge in [0, 0.05) is 14.7 Å². The van der Waals surface area contributed by atoms with Gasteiger partial charge in [0.2, 0.25) is 0 Å². The van der Waals surface area contributed by atoms with Crippen LogP contribution in [-0.2, 0) is 0 Å². The Morgan fingerprint density at radius 1 is 1.20 bits per heavy atom. The van der Waals surface area contributed by atoms with E-state index in [4.69, 9.17) is 11.6 Å². The third-order valence-electron chi connectivity index (χ3n) is 2.70. The smallest absolute Gasteiger partial charge is 0.0760 e. The highest BCUT2D eigenvalue weighted by Crippen LogP contribution is 2.32. The van der Waals surface area contributed by atoms with E-state index < -0.39 is 0 Å². The summed E-state index contributed by atoms with van der Waals surface area (Å²) in [5, 5.41) is 1.92. The number of hydrogen-bond donors (Lipinski definition) is 0. The number of aryl methyl sites for hydroxylation is 2. The van der Waals surface area contributed by atoms with Crippen LogP contribution < -0.4 is 0 Å². The molecule has 0 radical (unpaired) electrons. The van der Waals surface area contributed by atoms with Crippen LogP contribution >= 0.6 is 34.2 Å². The van der Waals surface area contributed by atoms with Gasteiger partial charge in [-0.25, -0.2) is 0 Å². The van der Waals surface area contributed by atoms with Crippen LogP contribution in [0.1, 0.15) is 16.8 Å². The van der Waals surface area contributed by atoms with Gasteiger partial charge in [-0.2, -0.15) is 0 Å². The summed E-state index contributed by atoms with van der Waals surface area (Å²) in [6.07, 6.45) is 0. The first-order chi connectivity index (χ1) is 7.02. The first-order valence-electron chi connectivity index (χ1n) is 4.74. The summed E-state index contributed by atoms with van der Waals surface area (Å²) in [5.41, 5.74) is 4.29. The van der Waals surface area contributed by atoms with Crippen molar-refractivity contribution in [3.63, 3.8) is 0 Å². The third-order valence-corrected chi connectivity index (χ3v) is 4.07. The maximum atomic E-state index is 6.36. The van der Waals surface area contributed by atoms with Crippen molar-refractivity contribution in [1.82, 2.24) is 4.98 Å². The van der Waals surface area contributed by atoms with Crippen molar-refractivity contribution in [2.75, 3.05) is 0 Å². The molecule has 0 aliphatic rings. The van der Waals surface area contributed by atoms with Gasteiger partial charge in [-0.3, -0.25) is 4.98 Å². The Hall–Kier alpha value is -0.350. The fourth-order valence-corrected chi connectivity index (χ4v) is 2.81. The number of hydrogen-bond acceptors (Lipinski definition) is 1. The average molecular weight is 332 g/mol. The van der Waals surface area contributed by atoms with Crippen LogP contribution in [0.25, 0.3) is 10.9 Å². The number of rotatable bonds is 0. The molecule has 0 bridgehead atoms. The molecule has 3 heteroatoms. The van der Waals surface area contributed by atoms with Crippen LogP contribution in [0.2, 0.25) is 5.02 Å². The summed E-state index contributed by atoms with van der Waals surface area (Å²) in [4.78, 5) is 4.61. The van der Waals surface area contributed by atoms with Gasteiger partial charge in [0.1, 0.15) is 0 Å². The van der Waals surface area contributed by atoms with Crippen LogP contribution in [0.3, 0.4) is 0 Å². The van der Waals surface area contributed by atoms with Gasteiger partial charge >= 0.3 is 0 Å². The second kappa shape index (κ2) is 3.91. The van der Waals surface area contributed by atoms with E-state index >= 15 is 0 Å². The van der Waals surface area contributed by atoms with E-state index in [1.165, 1.54) is 5.56 Å². The molecule has 0 saturated carbocycles. The highest BCUT2D eigenvalue weighted by molar-refractivity contribution is 14.1. The molecule has 1 aromatic heterocycles. The summed E-state index contributed by atoms with van der Waals surface area (Å²) in [6.45, 7) is 6.08. The molecule has 15 heavy (non-hydrogen) atoms. The van der Waals surface area contributed by atoms with Gasteiger partial charge in [-0.15, -0.1) is 0 Å². The van der Waals surface area contributed by atoms with Crippen LogP contribution in [0, 0.1) is 24.3 Å². The van der Waals surface area contributed by atoms with E-state index in [1.54, 1.807) is 0 Å². The topological polar surface area (TPSA) is 12.9 Å². The lowest BCUT2D eigenvalue weighted by atomic mass is 10.1. The molecule has 0 unspecified atom stereocenters. The standard InChI is InChI=1S/C12H11ClIN/c1-6-4-5-9(14)10-11(13)7(2)8(3)15-12(6)10/h4-5H,1-3H3. The van der Waals surface area contributed by atoms with Crippen molar-refractivity contribution in [2.45, 2.75) is 20.8 Å². The van der Waals surface area contributed by atoms with Gasteiger partial charge in [0.25, 0.3) is 0 Å². The lowest BCUT2D eigenvalue weighted by Crippen LogP contribution is -1.94. The largest absolute Gasteiger partial charge is 0.252 e. The van der Waals surface area contributed by atoms with Gasteiger partial charge < -0.3 is 0 Å². The number of benzene rings is 1. The quantitative estimate of drug-likeness (QED) is 0.651. The van der Waals surface area contributed by atoms with E-state index in [-0.39, 0.29) is 0 Å². The van der Waals surface area contributed by atoms with E-state index in [1.807, 2.05) is 13.8 Å². The molecular formula is C12H11ClIN. The molecule has 0 aliphatic heterocycles. The summed E-state index contributed by atoms with van der Waals surface area (Å²) >= 11 is 8.67. The highest BCUT2D eigenvalue weighted by atomic mass is 127. The minimum atomic E-state index is 0.839. The molecule has 1 aromatic carbocycles. The Labute approximate surface area is 108 Å². The van der Waals surface area contributed by atoms with Crippen molar-refractivity contribution in [3.8, 4) is 0 Å². The Kier molecular flexibility index (Phi) is 2.90. The average Bonchev–Trinajstić information content (AvgIpc) is 2.20. The van der Waals surface area contributed by atoms with Crippen LogP contribution in [0.5, 0.6) is 0 Å². The molecule has 1 heterocycles. The van der Waals surface area contributed by atoms with Crippen molar-refractivity contribution in [3.05, 3.63) is 37.5 Å². The van der Waals surface area contributed by atoms with Crippen LogP contribution in [0.4, 0.5) is 0 Å². The fourth-order valence-electron chi connectivity index (χ4n) is 1.62. The Bertz CT molecular complexity index is 549.